The van der Waals surface area contributed by atoms with Gasteiger partial charge in [0.15, 0.2) is 0 Å². The van der Waals surface area contributed by atoms with Gasteiger partial charge in [0.2, 0.25) is 0 Å². The Morgan fingerprint density at radius 3 is 2.55 bits per heavy atom. The van der Waals surface area contributed by atoms with E-state index < -0.39 is 0 Å². The van der Waals surface area contributed by atoms with Gasteiger partial charge in [0, 0.05) is 16.1 Å². The van der Waals surface area contributed by atoms with E-state index in [1.807, 2.05) is 25.2 Å². The van der Waals surface area contributed by atoms with Gasteiger partial charge >= 0.3 is 0 Å². The molecule has 0 spiro atoms. The first-order valence-electron chi connectivity index (χ1n) is 6.44. The molecule has 0 bridgehead atoms. The summed E-state index contributed by atoms with van der Waals surface area (Å²) < 4.78 is 19.7. The monoisotopic (exact) mass is 337 g/mol. The van der Waals surface area contributed by atoms with Crippen LogP contribution in [-0.4, -0.2) is 7.05 Å². The van der Waals surface area contributed by atoms with Crippen LogP contribution in [0.3, 0.4) is 0 Å². The predicted octanol–water partition coefficient (Wildman–Crippen LogP) is 4.45. The summed E-state index contributed by atoms with van der Waals surface area (Å²) >= 11 is 3.45. The van der Waals surface area contributed by atoms with Crippen LogP contribution in [-0.2, 0) is 6.61 Å². The Kier molecular flexibility index (Phi) is 5.15. The third-order valence-electron chi connectivity index (χ3n) is 3.18. The van der Waals surface area contributed by atoms with Crippen molar-refractivity contribution >= 4 is 15.9 Å². The Hall–Kier alpha value is -1.39. The number of hydrogen-bond acceptors (Lipinski definition) is 2. The van der Waals surface area contributed by atoms with Crippen molar-refractivity contribution in [2.45, 2.75) is 19.6 Å². The molecule has 1 unspecified atom stereocenters. The van der Waals surface area contributed by atoms with E-state index in [0.29, 0.717) is 6.61 Å². The lowest BCUT2D eigenvalue weighted by atomic mass is 10.1. The largest absolute Gasteiger partial charge is 0.489 e. The Morgan fingerprint density at radius 1 is 1.20 bits per heavy atom. The normalized spacial score (nSPS) is 12.2. The zero-order valence-electron chi connectivity index (χ0n) is 11.5. The van der Waals surface area contributed by atoms with Crippen molar-refractivity contribution in [3.8, 4) is 5.75 Å². The van der Waals surface area contributed by atoms with Gasteiger partial charge in [-0.15, -0.1) is 0 Å². The summed E-state index contributed by atoms with van der Waals surface area (Å²) in [6.45, 7) is 2.49. The highest BCUT2D eigenvalue weighted by molar-refractivity contribution is 9.10. The first-order chi connectivity index (χ1) is 9.60. The minimum Gasteiger partial charge on any atom is -0.489 e. The van der Waals surface area contributed by atoms with Crippen molar-refractivity contribution in [2.24, 2.45) is 0 Å². The molecule has 20 heavy (non-hydrogen) atoms. The maximum Gasteiger partial charge on any atom is 0.125 e. The highest BCUT2D eigenvalue weighted by atomic mass is 79.9. The molecular formula is C16H17BrFNO. The zero-order chi connectivity index (χ0) is 14.5. The van der Waals surface area contributed by atoms with E-state index in [4.69, 9.17) is 4.74 Å². The number of benzene rings is 2. The van der Waals surface area contributed by atoms with Crippen LogP contribution in [0.25, 0.3) is 0 Å². The third-order valence-corrected chi connectivity index (χ3v) is 3.68. The number of ether oxygens (including phenoxy) is 1. The van der Waals surface area contributed by atoms with E-state index in [1.165, 1.54) is 12.1 Å². The lowest BCUT2D eigenvalue weighted by Gasteiger charge is -2.17. The second-order valence-corrected chi connectivity index (χ2v) is 5.52. The van der Waals surface area contributed by atoms with Gasteiger partial charge in [-0.1, -0.05) is 34.1 Å². The van der Waals surface area contributed by atoms with Crippen LogP contribution in [0.4, 0.5) is 4.39 Å². The Morgan fingerprint density at radius 2 is 1.90 bits per heavy atom. The lowest BCUT2D eigenvalue weighted by Crippen LogP contribution is -2.13. The van der Waals surface area contributed by atoms with Gasteiger partial charge in [0.05, 0.1) is 0 Å². The second-order valence-electron chi connectivity index (χ2n) is 4.61. The second kappa shape index (κ2) is 6.86. The van der Waals surface area contributed by atoms with Crippen molar-refractivity contribution in [2.75, 3.05) is 7.05 Å². The highest BCUT2D eigenvalue weighted by Crippen LogP contribution is 2.29. The average molecular weight is 338 g/mol. The van der Waals surface area contributed by atoms with Gasteiger partial charge < -0.3 is 10.1 Å². The van der Waals surface area contributed by atoms with Crippen molar-refractivity contribution in [3.05, 3.63) is 63.9 Å². The van der Waals surface area contributed by atoms with Crippen LogP contribution in [0.15, 0.2) is 46.9 Å². The standard InChI is InChI=1S/C16H17BrFNO/c1-11(19-2)15-8-5-13(17)9-16(15)20-10-12-3-6-14(18)7-4-12/h3-9,11,19H,10H2,1-2H3. The van der Waals surface area contributed by atoms with E-state index in [1.54, 1.807) is 12.1 Å². The van der Waals surface area contributed by atoms with Crippen LogP contribution < -0.4 is 10.1 Å². The van der Waals surface area contributed by atoms with Gasteiger partial charge in [-0.3, -0.25) is 0 Å². The smallest absolute Gasteiger partial charge is 0.125 e. The molecule has 2 aromatic rings. The average Bonchev–Trinajstić information content (AvgIpc) is 2.46. The molecule has 0 heterocycles. The van der Waals surface area contributed by atoms with Crippen LogP contribution in [0.5, 0.6) is 5.75 Å². The molecule has 0 saturated heterocycles. The van der Waals surface area contributed by atoms with Crippen LogP contribution in [0.2, 0.25) is 0 Å². The fourth-order valence-corrected chi connectivity index (χ4v) is 2.23. The summed E-state index contributed by atoms with van der Waals surface area (Å²) in [6, 6.07) is 12.5. The summed E-state index contributed by atoms with van der Waals surface area (Å²) in [4.78, 5) is 0. The minimum absolute atomic E-state index is 0.200. The summed E-state index contributed by atoms with van der Waals surface area (Å²) in [5.74, 6) is 0.589. The molecule has 0 saturated carbocycles. The molecule has 106 valence electrons. The Bertz CT molecular complexity index is 571. The van der Waals surface area contributed by atoms with Crippen molar-refractivity contribution in [1.29, 1.82) is 0 Å². The molecule has 4 heteroatoms. The minimum atomic E-state index is -0.235. The first-order valence-corrected chi connectivity index (χ1v) is 7.23. The maximum absolute atomic E-state index is 12.9. The first kappa shape index (κ1) is 15.0. The Labute approximate surface area is 127 Å². The molecule has 1 N–H and O–H groups in total. The quantitative estimate of drug-likeness (QED) is 0.870. The van der Waals surface area contributed by atoms with Gasteiger partial charge in [-0.2, -0.15) is 0 Å². The number of halogens is 2. The molecule has 0 aliphatic heterocycles. The fraction of sp³-hybridized carbons (Fsp3) is 0.250. The molecule has 2 nitrogen and oxygen atoms in total. The van der Waals surface area contributed by atoms with Crippen LogP contribution in [0, 0.1) is 5.82 Å². The van der Waals surface area contributed by atoms with Crippen molar-refractivity contribution in [1.82, 2.24) is 5.32 Å². The number of nitrogens with one attached hydrogen (secondary N) is 1. The molecule has 0 aliphatic carbocycles. The highest BCUT2D eigenvalue weighted by Gasteiger charge is 2.10. The van der Waals surface area contributed by atoms with E-state index in [0.717, 1.165) is 21.3 Å². The summed E-state index contributed by atoms with van der Waals surface area (Å²) in [5, 5.41) is 3.20. The zero-order valence-corrected chi connectivity index (χ0v) is 13.1. The van der Waals surface area contributed by atoms with Crippen molar-refractivity contribution < 1.29 is 9.13 Å². The van der Waals surface area contributed by atoms with Gasteiger partial charge in [0.25, 0.3) is 0 Å². The molecule has 2 rings (SSSR count). The summed E-state index contributed by atoms with van der Waals surface area (Å²) in [7, 11) is 1.91. The molecule has 0 aromatic heterocycles. The molecule has 1 atom stereocenters. The predicted molar refractivity (Wildman–Crippen MR) is 82.3 cm³/mol. The molecule has 0 fully saturated rings. The van der Waals surface area contributed by atoms with Crippen LogP contribution >= 0.6 is 15.9 Å². The number of rotatable bonds is 5. The van der Waals surface area contributed by atoms with E-state index >= 15 is 0 Å². The molecule has 0 amide bonds. The summed E-state index contributed by atoms with van der Waals surface area (Å²) in [5.41, 5.74) is 2.03. The maximum atomic E-state index is 12.9. The van der Waals surface area contributed by atoms with Gasteiger partial charge in [0.1, 0.15) is 18.2 Å². The van der Waals surface area contributed by atoms with Gasteiger partial charge in [-0.25, -0.2) is 4.39 Å². The van der Waals surface area contributed by atoms with E-state index in [9.17, 15) is 4.39 Å². The lowest BCUT2D eigenvalue weighted by molar-refractivity contribution is 0.300. The third kappa shape index (κ3) is 3.81. The summed E-state index contributed by atoms with van der Waals surface area (Å²) in [6.07, 6.45) is 0. The SMILES string of the molecule is CNC(C)c1ccc(Br)cc1OCc1ccc(F)cc1. The van der Waals surface area contributed by atoms with Crippen molar-refractivity contribution in [3.63, 3.8) is 0 Å². The molecule has 0 radical (unpaired) electrons. The van der Waals surface area contributed by atoms with Gasteiger partial charge in [-0.05, 0) is 43.8 Å². The fourth-order valence-electron chi connectivity index (χ4n) is 1.89. The number of hydrogen-bond donors (Lipinski definition) is 1. The van der Waals surface area contributed by atoms with E-state index in [-0.39, 0.29) is 11.9 Å². The molecule has 2 aromatic carbocycles. The topological polar surface area (TPSA) is 21.3 Å². The molecular weight excluding hydrogens is 321 g/mol. The molecule has 0 aliphatic rings. The van der Waals surface area contributed by atoms with E-state index in [2.05, 4.69) is 28.2 Å². The Balaban J connectivity index is 2.15. The van der Waals surface area contributed by atoms with Crippen LogP contribution in [0.1, 0.15) is 24.1 Å².